The molecule has 0 amide bonds. The van der Waals surface area contributed by atoms with Crippen LogP contribution in [0.3, 0.4) is 0 Å². The number of alkyl halides is 3. The van der Waals surface area contributed by atoms with E-state index in [0.717, 1.165) is 24.1 Å². The summed E-state index contributed by atoms with van der Waals surface area (Å²) in [7, 11) is 0. The zero-order chi connectivity index (χ0) is 14.6. The zero-order valence-electron chi connectivity index (χ0n) is 11.5. The predicted molar refractivity (Wildman–Crippen MR) is 73.3 cm³/mol. The van der Waals surface area contributed by atoms with Crippen molar-refractivity contribution in [2.24, 2.45) is 11.7 Å². The third-order valence-electron chi connectivity index (χ3n) is 4.00. The first-order valence-electron chi connectivity index (χ1n) is 7.06. The van der Waals surface area contributed by atoms with E-state index in [0.29, 0.717) is 19.5 Å². The maximum atomic E-state index is 12.8. The smallest absolute Gasteiger partial charge is 0.326 e. The predicted octanol–water partition coefficient (Wildman–Crippen LogP) is 2.96. The van der Waals surface area contributed by atoms with Gasteiger partial charge in [0.15, 0.2) is 0 Å². The maximum absolute atomic E-state index is 12.8. The summed E-state index contributed by atoms with van der Waals surface area (Å²) in [6.07, 6.45) is -2.41. The lowest BCUT2D eigenvalue weighted by atomic mass is 9.96. The van der Waals surface area contributed by atoms with Crippen molar-refractivity contribution in [3.8, 4) is 0 Å². The molecule has 1 aromatic rings. The molecule has 0 saturated carbocycles. The van der Waals surface area contributed by atoms with Crippen LogP contribution in [0.2, 0.25) is 0 Å². The average molecular weight is 286 g/mol. The molecule has 0 aromatic heterocycles. The summed E-state index contributed by atoms with van der Waals surface area (Å²) >= 11 is 0. The van der Waals surface area contributed by atoms with Crippen LogP contribution in [0.4, 0.5) is 13.2 Å². The van der Waals surface area contributed by atoms with Gasteiger partial charge in [0.05, 0.1) is 5.92 Å². The lowest BCUT2D eigenvalue weighted by Crippen LogP contribution is -2.42. The van der Waals surface area contributed by atoms with Crippen molar-refractivity contribution in [3.63, 3.8) is 0 Å². The second-order valence-corrected chi connectivity index (χ2v) is 5.40. The van der Waals surface area contributed by atoms with Gasteiger partial charge in [-0.25, -0.2) is 0 Å². The minimum atomic E-state index is -4.06. The molecule has 2 rings (SSSR count). The first kappa shape index (κ1) is 15.3. The second kappa shape index (κ2) is 6.59. The number of nitrogens with zero attached hydrogens (tertiary/aromatic N) is 1. The fourth-order valence-electron chi connectivity index (χ4n) is 2.80. The highest BCUT2D eigenvalue weighted by molar-refractivity contribution is 5.27. The molecule has 1 saturated heterocycles. The van der Waals surface area contributed by atoms with Crippen molar-refractivity contribution in [2.75, 3.05) is 19.6 Å². The maximum Gasteiger partial charge on any atom is 0.393 e. The van der Waals surface area contributed by atoms with Crippen molar-refractivity contribution >= 4 is 0 Å². The first-order valence-corrected chi connectivity index (χ1v) is 7.06. The molecule has 1 heterocycles. The third-order valence-corrected chi connectivity index (χ3v) is 4.00. The van der Waals surface area contributed by atoms with Crippen molar-refractivity contribution in [1.29, 1.82) is 0 Å². The van der Waals surface area contributed by atoms with Crippen LogP contribution in [0, 0.1) is 5.92 Å². The van der Waals surface area contributed by atoms with Gasteiger partial charge in [-0.05, 0) is 36.9 Å². The normalized spacial score (nSPS) is 21.1. The molecule has 2 nitrogen and oxygen atoms in total. The number of hydrogen-bond acceptors (Lipinski definition) is 2. The molecule has 1 unspecified atom stereocenters. The number of likely N-dealkylation sites (tertiary alicyclic amines) is 1. The summed E-state index contributed by atoms with van der Waals surface area (Å²) in [5.41, 5.74) is 7.90. The number of nitrogens with two attached hydrogens (primary N) is 1. The van der Waals surface area contributed by atoms with E-state index in [1.54, 1.807) is 0 Å². The topological polar surface area (TPSA) is 29.3 Å². The van der Waals surface area contributed by atoms with Crippen LogP contribution in [-0.4, -0.2) is 30.7 Å². The Bertz CT molecular complexity index is 431. The monoisotopic (exact) mass is 286 g/mol. The quantitative estimate of drug-likeness (QED) is 0.922. The molecule has 1 atom stereocenters. The number of halogens is 3. The molecule has 1 fully saturated rings. The fourth-order valence-corrected chi connectivity index (χ4v) is 2.80. The Morgan fingerprint density at radius 3 is 2.55 bits per heavy atom. The van der Waals surface area contributed by atoms with Crippen LogP contribution < -0.4 is 5.73 Å². The minimum absolute atomic E-state index is 0.133. The Morgan fingerprint density at radius 2 is 1.90 bits per heavy atom. The van der Waals surface area contributed by atoms with E-state index in [4.69, 9.17) is 5.73 Å². The molecular weight excluding hydrogens is 265 g/mol. The molecule has 0 aliphatic carbocycles. The lowest BCUT2D eigenvalue weighted by Gasteiger charge is -2.33. The Balaban J connectivity index is 1.90. The molecule has 112 valence electrons. The van der Waals surface area contributed by atoms with Crippen LogP contribution in [-0.2, 0) is 13.0 Å². The van der Waals surface area contributed by atoms with Crippen molar-refractivity contribution in [2.45, 2.75) is 32.0 Å². The summed E-state index contributed by atoms with van der Waals surface area (Å²) < 4.78 is 38.3. The van der Waals surface area contributed by atoms with Crippen LogP contribution in [0.5, 0.6) is 0 Å². The summed E-state index contributed by atoms with van der Waals surface area (Å²) in [4.78, 5) is 1.93. The molecule has 0 radical (unpaired) electrons. The molecule has 1 aliphatic heterocycles. The van der Waals surface area contributed by atoms with Crippen molar-refractivity contribution in [1.82, 2.24) is 4.90 Å². The van der Waals surface area contributed by atoms with E-state index in [2.05, 4.69) is 0 Å². The van der Waals surface area contributed by atoms with Crippen molar-refractivity contribution in [3.05, 3.63) is 35.4 Å². The van der Waals surface area contributed by atoms with Crippen LogP contribution >= 0.6 is 0 Å². The van der Waals surface area contributed by atoms with Gasteiger partial charge < -0.3 is 10.6 Å². The Hall–Kier alpha value is -1.07. The fraction of sp³-hybridized carbons (Fsp3) is 0.600. The zero-order valence-corrected chi connectivity index (χ0v) is 11.5. The highest BCUT2D eigenvalue weighted by Gasteiger charge is 2.41. The molecule has 5 heteroatoms. The van der Waals surface area contributed by atoms with E-state index in [1.165, 1.54) is 0 Å². The van der Waals surface area contributed by atoms with Crippen LogP contribution in [0.1, 0.15) is 24.0 Å². The van der Waals surface area contributed by atoms with Gasteiger partial charge in [-0.1, -0.05) is 24.3 Å². The van der Waals surface area contributed by atoms with E-state index in [1.807, 2.05) is 29.2 Å². The molecule has 2 N–H and O–H groups in total. The van der Waals surface area contributed by atoms with E-state index in [9.17, 15) is 13.2 Å². The average Bonchev–Trinajstić information content (AvgIpc) is 2.45. The van der Waals surface area contributed by atoms with Gasteiger partial charge in [-0.15, -0.1) is 0 Å². The highest BCUT2D eigenvalue weighted by Crippen LogP contribution is 2.33. The molecule has 0 bridgehead atoms. The minimum Gasteiger partial charge on any atom is -0.326 e. The Kier molecular flexibility index (Phi) is 5.05. The number of rotatable bonds is 4. The van der Waals surface area contributed by atoms with Gasteiger partial charge in [-0.2, -0.15) is 13.2 Å². The van der Waals surface area contributed by atoms with Crippen molar-refractivity contribution < 1.29 is 13.2 Å². The molecule has 0 spiro atoms. The summed E-state index contributed by atoms with van der Waals surface area (Å²) in [5.74, 6) is -1.17. The summed E-state index contributed by atoms with van der Waals surface area (Å²) in [5, 5.41) is 0. The molecular formula is C15H21F3N2. The Labute approximate surface area is 117 Å². The number of benzene rings is 1. The first-order chi connectivity index (χ1) is 9.50. The Morgan fingerprint density at radius 1 is 1.20 bits per heavy atom. The van der Waals surface area contributed by atoms with Gasteiger partial charge >= 0.3 is 6.18 Å². The van der Waals surface area contributed by atoms with Gasteiger partial charge in [0.1, 0.15) is 0 Å². The van der Waals surface area contributed by atoms with E-state index >= 15 is 0 Å². The molecule has 1 aromatic carbocycles. The highest BCUT2D eigenvalue weighted by atomic mass is 19.4. The standard InChI is InChI=1S/C15H21F3N2/c16-15(17,18)14-6-3-8-20(11-14)9-7-12-4-1-2-5-13(12)10-19/h1-2,4-5,14H,3,6-11,19H2. The van der Waals surface area contributed by atoms with Gasteiger partial charge in [0.25, 0.3) is 0 Å². The molecule has 1 aliphatic rings. The number of piperidine rings is 1. The second-order valence-electron chi connectivity index (χ2n) is 5.40. The van der Waals surface area contributed by atoms with E-state index in [-0.39, 0.29) is 13.0 Å². The largest absolute Gasteiger partial charge is 0.393 e. The van der Waals surface area contributed by atoms with E-state index < -0.39 is 12.1 Å². The summed E-state index contributed by atoms with van der Waals surface area (Å²) in [6.45, 7) is 2.04. The van der Waals surface area contributed by atoms with Gasteiger partial charge in [-0.3, -0.25) is 0 Å². The van der Waals surface area contributed by atoms with Crippen LogP contribution in [0.15, 0.2) is 24.3 Å². The molecule has 20 heavy (non-hydrogen) atoms. The summed E-state index contributed by atoms with van der Waals surface area (Å²) in [6, 6.07) is 7.87. The SMILES string of the molecule is NCc1ccccc1CCN1CCCC(C(F)(F)F)C1. The lowest BCUT2D eigenvalue weighted by molar-refractivity contribution is -0.186. The third kappa shape index (κ3) is 3.96. The van der Waals surface area contributed by atoms with Gasteiger partial charge in [0, 0.05) is 19.6 Å². The number of hydrogen-bond donors (Lipinski definition) is 1. The van der Waals surface area contributed by atoms with Crippen LogP contribution in [0.25, 0.3) is 0 Å². The van der Waals surface area contributed by atoms with Gasteiger partial charge in [0.2, 0.25) is 0 Å².